The van der Waals surface area contributed by atoms with Crippen LogP contribution in [-0.4, -0.2) is 42.8 Å². The Morgan fingerprint density at radius 2 is 2.25 bits per heavy atom. The Kier molecular flexibility index (Phi) is 3.61. The number of ether oxygens (including phenoxy) is 1. The van der Waals surface area contributed by atoms with E-state index in [1.165, 1.54) is 6.92 Å². The van der Waals surface area contributed by atoms with E-state index in [-0.39, 0.29) is 22.4 Å². The third kappa shape index (κ3) is 2.56. The smallest absolute Gasteiger partial charge is 0.273 e. The maximum atomic E-state index is 12.3. The summed E-state index contributed by atoms with van der Waals surface area (Å²) in [6.07, 6.45) is 0.484. The first-order valence-electron chi connectivity index (χ1n) is 6.17. The molecule has 0 bridgehead atoms. The molecule has 2 atom stereocenters. The van der Waals surface area contributed by atoms with Crippen molar-refractivity contribution in [3.05, 3.63) is 11.4 Å². The van der Waals surface area contributed by atoms with Gasteiger partial charge in [0.05, 0.1) is 17.3 Å². The van der Waals surface area contributed by atoms with Crippen LogP contribution in [0.25, 0.3) is 0 Å². The van der Waals surface area contributed by atoms with E-state index in [0.29, 0.717) is 13.0 Å². The molecule has 1 fully saturated rings. The van der Waals surface area contributed by atoms with Gasteiger partial charge in [0.15, 0.2) is 5.69 Å². The van der Waals surface area contributed by atoms with E-state index in [9.17, 15) is 13.2 Å². The number of aryl methyl sites for hydroxylation is 1. The van der Waals surface area contributed by atoms with Gasteiger partial charge in [-0.3, -0.25) is 9.89 Å². The summed E-state index contributed by atoms with van der Waals surface area (Å²) in [7, 11) is -4.02. The molecule has 1 aromatic rings. The third-order valence-corrected chi connectivity index (χ3v) is 4.74. The van der Waals surface area contributed by atoms with Crippen LogP contribution < -0.4 is 10.5 Å². The van der Waals surface area contributed by atoms with E-state index in [0.717, 1.165) is 0 Å². The minimum Gasteiger partial charge on any atom is -0.376 e. The van der Waals surface area contributed by atoms with Crippen LogP contribution in [0.1, 0.15) is 36.5 Å². The molecule has 1 aliphatic rings. The molecule has 112 valence electrons. The third-order valence-electron chi connectivity index (χ3n) is 3.68. The van der Waals surface area contributed by atoms with Crippen molar-refractivity contribution in [1.82, 2.24) is 15.5 Å². The van der Waals surface area contributed by atoms with Gasteiger partial charge in [0, 0.05) is 6.61 Å². The Bertz CT molecular complexity index is 639. The van der Waals surface area contributed by atoms with Gasteiger partial charge in [0.2, 0.25) is 10.0 Å². The summed E-state index contributed by atoms with van der Waals surface area (Å²) < 4.78 is 28.5. The van der Waals surface area contributed by atoms with Gasteiger partial charge in [0.1, 0.15) is 4.90 Å². The van der Waals surface area contributed by atoms with Gasteiger partial charge in [-0.1, -0.05) is 0 Å². The van der Waals surface area contributed by atoms with Crippen LogP contribution in [0.15, 0.2) is 4.90 Å². The first kappa shape index (κ1) is 14.9. The van der Waals surface area contributed by atoms with Crippen molar-refractivity contribution >= 4 is 15.9 Å². The number of hydrogen-bond acceptors (Lipinski definition) is 5. The molecule has 1 saturated heterocycles. The number of aromatic nitrogens is 2. The zero-order valence-corrected chi connectivity index (χ0v) is 12.4. The number of carbonyl (C=O) groups excluding carboxylic acids is 1. The molecule has 2 heterocycles. The second-order valence-electron chi connectivity index (χ2n) is 5.21. The molecule has 20 heavy (non-hydrogen) atoms. The van der Waals surface area contributed by atoms with Gasteiger partial charge in [-0.25, -0.2) is 13.6 Å². The number of sulfonamides is 1. The fourth-order valence-corrected chi connectivity index (χ4v) is 3.12. The summed E-state index contributed by atoms with van der Waals surface area (Å²) in [6, 6.07) is 0. The lowest BCUT2D eigenvalue weighted by molar-refractivity contribution is 0.0722. The highest BCUT2D eigenvalue weighted by Gasteiger charge is 2.39. The SMILES string of the molecule is Cc1[nH]nc(C(=O)NC2(C)CCOC2C)c1S(N)(=O)=O. The van der Waals surface area contributed by atoms with Crippen LogP contribution in [-0.2, 0) is 14.8 Å². The maximum Gasteiger partial charge on any atom is 0.273 e. The quantitative estimate of drug-likeness (QED) is 0.704. The lowest BCUT2D eigenvalue weighted by atomic mass is 9.94. The largest absolute Gasteiger partial charge is 0.376 e. The van der Waals surface area contributed by atoms with Crippen LogP contribution in [0.5, 0.6) is 0 Å². The van der Waals surface area contributed by atoms with Crippen molar-refractivity contribution in [3.63, 3.8) is 0 Å². The minimum absolute atomic E-state index is 0.163. The summed E-state index contributed by atoms with van der Waals surface area (Å²) in [5, 5.41) is 14.1. The van der Waals surface area contributed by atoms with E-state index in [1.807, 2.05) is 13.8 Å². The average molecular weight is 302 g/mol. The Hall–Kier alpha value is -1.45. The molecule has 9 heteroatoms. The second-order valence-corrected chi connectivity index (χ2v) is 6.70. The molecule has 0 aromatic carbocycles. The van der Waals surface area contributed by atoms with E-state index >= 15 is 0 Å². The van der Waals surface area contributed by atoms with Crippen LogP contribution in [0.4, 0.5) is 0 Å². The fourth-order valence-electron chi connectivity index (χ4n) is 2.24. The Balaban J connectivity index is 2.32. The monoisotopic (exact) mass is 302 g/mol. The van der Waals surface area contributed by atoms with E-state index < -0.39 is 21.5 Å². The predicted molar refractivity (Wildman–Crippen MR) is 70.6 cm³/mol. The molecule has 0 radical (unpaired) electrons. The summed E-state index contributed by atoms with van der Waals surface area (Å²) in [5.41, 5.74) is -0.539. The lowest BCUT2D eigenvalue weighted by Crippen LogP contribution is -2.51. The zero-order chi connectivity index (χ0) is 15.1. The van der Waals surface area contributed by atoms with Crippen molar-refractivity contribution in [1.29, 1.82) is 0 Å². The van der Waals surface area contributed by atoms with E-state index in [2.05, 4.69) is 15.5 Å². The van der Waals surface area contributed by atoms with Crippen LogP contribution in [0.2, 0.25) is 0 Å². The number of carbonyl (C=O) groups is 1. The van der Waals surface area contributed by atoms with Crippen molar-refractivity contribution in [2.45, 2.75) is 43.7 Å². The van der Waals surface area contributed by atoms with E-state index in [1.54, 1.807) is 0 Å². The summed E-state index contributed by atoms with van der Waals surface area (Å²) >= 11 is 0. The van der Waals surface area contributed by atoms with Gasteiger partial charge < -0.3 is 10.1 Å². The molecule has 0 spiro atoms. The van der Waals surface area contributed by atoms with Crippen LogP contribution in [0.3, 0.4) is 0 Å². The number of rotatable bonds is 3. The molecule has 0 saturated carbocycles. The van der Waals surface area contributed by atoms with Gasteiger partial charge in [-0.05, 0) is 27.2 Å². The Labute approximate surface area is 117 Å². The lowest BCUT2D eigenvalue weighted by Gasteiger charge is -2.28. The molecule has 2 rings (SSSR count). The molecule has 1 amide bonds. The minimum atomic E-state index is -4.02. The van der Waals surface area contributed by atoms with Crippen molar-refractivity contribution in [2.75, 3.05) is 6.61 Å². The Morgan fingerprint density at radius 1 is 1.60 bits per heavy atom. The molecular weight excluding hydrogens is 284 g/mol. The van der Waals surface area contributed by atoms with Crippen LogP contribution in [0, 0.1) is 6.92 Å². The highest BCUT2D eigenvalue weighted by molar-refractivity contribution is 7.89. The van der Waals surface area contributed by atoms with Gasteiger partial charge in [0.25, 0.3) is 5.91 Å². The standard InChI is InChI=1S/C11H18N4O4S/c1-6-9(20(12,17)18)8(15-14-6)10(16)13-11(3)4-5-19-7(11)2/h7H,4-5H2,1-3H3,(H,13,16)(H,14,15)(H2,12,17,18). The fraction of sp³-hybridized carbons (Fsp3) is 0.636. The number of nitrogens with one attached hydrogen (secondary N) is 2. The molecule has 8 nitrogen and oxygen atoms in total. The molecular formula is C11H18N4O4S. The summed E-state index contributed by atoms with van der Waals surface area (Å²) in [6.45, 7) is 5.73. The average Bonchev–Trinajstić information content (AvgIpc) is 2.83. The normalized spacial score (nSPS) is 26.7. The van der Waals surface area contributed by atoms with Crippen molar-refractivity contribution in [2.24, 2.45) is 5.14 Å². The number of aromatic amines is 1. The maximum absolute atomic E-state index is 12.3. The molecule has 0 aliphatic carbocycles. The first-order chi connectivity index (χ1) is 9.15. The zero-order valence-electron chi connectivity index (χ0n) is 11.6. The predicted octanol–water partition coefficient (Wildman–Crippen LogP) is -0.337. The van der Waals surface area contributed by atoms with Gasteiger partial charge >= 0.3 is 0 Å². The highest BCUT2D eigenvalue weighted by atomic mass is 32.2. The van der Waals surface area contributed by atoms with Crippen LogP contribution >= 0.6 is 0 Å². The number of nitrogens with zero attached hydrogens (tertiary/aromatic N) is 1. The van der Waals surface area contributed by atoms with Crippen molar-refractivity contribution < 1.29 is 17.9 Å². The van der Waals surface area contributed by atoms with E-state index in [4.69, 9.17) is 9.88 Å². The summed E-state index contributed by atoms with van der Waals surface area (Å²) in [4.78, 5) is 12.0. The molecule has 1 aliphatic heterocycles. The topological polar surface area (TPSA) is 127 Å². The molecule has 2 unspecified atom stereocenters. The summed E-state index contributed by atoms with van der Waals surface area (Å²) in [5.74, 6) is -0.585. The molecule has 1 aromatic heterocycles. The number of primary sulfonamides is 1. The number of amides is 1. The second kappa shape index (κ2) is 4.83. The number of H-pyrrole nitrogens is 1. The van der Waals surface area contributed by atoms with Gasteiger partial charge in [-0.15, -0.1) is 0 Å². The number of nitrogens with two attached hydrogens (primary N) is 1. The highest BCUT2D eigenvalue weighted by Crippen LogP contribution is 2.26. The first-order valence-corrected chi connectivity index (χ1v) is 7.71. The van der Waals surface area contributed by atoms with Crippen molar-refractivity contribution in [3.8, 4) is 0 Å². The van der Waals surface area contributed by atoms with Gasteiger partial charge in [-0.2, -0.15) is 5.10 Å². The Morgan fingerprint density at radius 3 is 2.75 bits per heavy atom. The number of hydrogen-bond donors (Lipinski definition) is 3. The molecule has 4 N–H and O–H groups in total.